The Bertz CT molecular complexity index is 611. The summed E-state index contributed by atoms with van der Waals surface area (Å²) < 4.78 is 6.94. The van der Waals surface area contributed by atoms with E-state index in [9.17, 15) is 4.79 Å². The summed E-state index contributed by atoms with van der Waals surface area (Å²) in [5, 5.41) is 8.95. The summed E-state index contributed by atoms with van der Waals surface area (Å²) in [6.45, 7) is 0.338. The molecule has 0 spiro atoms. The molecule has 8 heteroatoms. The van der Waals surface area contributed by atoms with E-state index >= 15 is 0 Å². The SMILES string of the molecule is COC(=O)c1nc2c(Br)cn(CCO)c2nc1N. The van der Waals surface area contributed by atoms with Crippen molar-refractivity contribution in [1.29, 1.82) is 0 Å². The fourth-order valence-corrected chi connectivity index (χ4v) is 2.10. The van der Waals surface area contributed by atoms with Gasteiger partial charge in [-0.15, -0.1) is 0 Å². The van der Waals surface area contributed by atoms with Gasteiger partial charge in [-0.1, -0.05) is 0 Å². The zero-order valence-corrected chi connectivity index (χ0v) is 11.1. The number of ether oxygens (including phenoxy) is 1. The predicted octanol–water partition coefficient (Wildman–Crippen LogP) is 0.555. The quantitative estimate of drug-likeness (QED) is 0.802. The summed E-state index contributed by atoms with van der Waals surface area (Å²) in [6.07, 6.45) is 1.72. The number of carbonyl (C=O) groups is 1. The smallest absolute Gasteiger partial charge is 0.360 e. The van der Waals surface area contributed by atoms with Gasteiger partial charge in [0.2, 0.25) is 0 Å². The first kappa shape index (κ1) is 12.8. The maximum Gasteiger partial charge on any atom is 0.360 e. The van der Waals surface area contributed by atoms with Crippen LogP contribution in [-0.2, 0) is 11.3 Å². The minimum Gasteiger partial charge on any atom is -0.464 e. The summed E-state index contributed by atoms with van der Waals surface area (Å²) in [4.78, 5) is 19.7. The highest BCUT2D eigenvalue weighted by Gasteiger charge is 2.18. The van der Waals surface area contributed by atoms with Crippen LogP contribution in [0.3, 0.4) is 0 Å². The molecule has 0 atom stereocenters. The molecule has 0 aliphatic heterocycles. The average molecular weight is 315 g/mol. The molecule has 7 nitrogen and oxygen atoms in total. The number of esters is 1. The van der Waals surface area contributed by atoms with Gasteiger partial charge in [-0.05, 0) is 15.9 Å². The van der Waals surface area contributed by atoms with Gasteiger partial charge in [-0.3, -0.25) is 0 Å². The molecule has 2 heterocycles. The van der Waals surface area contributed by atoms with Crippen molar-refractivity contribution in [1.82, 2.24) is 14.5 Å². The highest BCUT2D eigenvalue weighted by Crippen LogP contribution is 2.25. The number of fused-ring (bicyclic) bond motifs is 1. The Labute approximate surface area is 111 Å². The van der Waals surface area contributed by atoms with Crippen molar-refractivity contribution in [2.75, 3.05) is 19.5 Å². The average Bonchev–Trinajstić information content (AvgIpc) is 2.64. The third-order valence-corrected chi connectivity index (χ3v) is 2.97. The third-order valence-electron chi connectivity index (χ3n) is 2.39. The lowest BCUT2D eigenvalue weighted by Crippen LogP contribution is -2.11. The van der Waals surface area contributed by atoms with Crippen LogP contribution in [0.4, 0.5) is 5.82 Å². The van der Waals surface area contributed by atoms with E-state index in [0.29, 0.717) is 22.2 Å². The van der Waals surface area contributed by atoms with Crippen molar-refractivity contribution in [2.24, 2.45) is 0 Å². The van der Waals surface area contributed by atoms with Gasteiger partial charge in [0.1, 0.15) is 5.52 Å². The molecule has 0 unspecified atom stereocenters. The fourth-order valence-electron chi connectivity index (χ4n) is 1.58. The molecule has 0 aromatic carbocycles. The number of aromatic nitrogens is 3. The number of anilines is 1. The number of nitrogen functional groups attached to an aromatic ring is 1. The van der Waals surface area contributed by atoms with Crippen LogP contribution in [0.15, 0.2) is 10.7 Å². The second-order valence-electron chi connectivity index (χ2n) is 3.52. The fraction of sp³-hybridized carbons (Fsp3) is 0.300. The van der Waals surface area contributed by atoms with Gasteiger partial charge < -0.3 is 20.1 Å². The molecule has 96 valence electrons. The lowest BCUT2D eigenvalue weighted by Gasteiger charge is -2.04. The molecule has 0 saturated heterocycles. The molecule has 0 radical (unpaired) electrons. The molecular weight excluding hydrogens is 304 g/mol. The van der Waals surface area contributed by atoms with Gasteiger partial charge in [-0.2, -0.15) is 0 Å². The Morgan fingerprint density at radius 2 is 2.33 bits per heavy atom. The topological polar surface area (TPSA) is 103 Å². The van der Waals surface area contributed by atoms with Crippen molar-refractivity contribution in [3.8, 4) is 0 Å². The number of nitrogens with zero attached hydrogens (tertiary/aromatic N) is 3. The molecule has 2 rings (SSSR count). The Hall–Kier alpha value is -1.67. The van der Waals surface area contributed by atoms with E-state index in [1.165, 1.54) is 7.11 Å². The minimum absolute atomic E-state index is 0.000796. The monoisotopic (exact) mass is 314 g/mol. The van der Waals surface area contributed by atoms with Crippen molar-refractivity contribution in [3.63, 3.8) is 0 Å². The van der Waals surface area contributed by atoms with Crippen LogP contribution in [0, 0.1) is 0 Å². The van der Waals surface area contributed by atoms with Crippen LogP contribution in [-0.4, -0.2) is 39.3 Å². The highest BCUT2D eigenvalue weighted by molar-refractivity contribution is 9.10. The third kappa shape index (κ3) is 2.04. The van der Waals surface area contributed by atoms with Gasteiger partial charge >= 0.3 is 5.97 Å². The number of hydrogen-bond acceptors (Lipinski definition) is 6. The first-order chi connectivity index (χ1) is 8.58. The molecule has 0 amide bonds. The van der Waals surface area contributed by atoms with Crippen LogP contribution >= 0.6 is 15.9 Å². The second kappa shape index (κ2) is 4.91. The van der Waals surface area contributed by atoms with E-state index in [4.69, 9.17) is 10.8 Å². The Kier molecular flexibility index (Phi) is 3.48. The molecule has 0 bridgehead atoms. The summed E-state index contributed by atoms with van der Waals surface area (Å²) in [6, 6.07) is 0. The zero-order chi connectivity index (χ0) is 13.3. The van der Waals surface area contributed by atoms with E-state index in [1.807, 2.05) is 0 Å². The highest BCUT2D eigenvalue weighted by atomic mass is 79.9. The molecule has 0 aliphatic rings. The van der Waals surface area contributed by atoms with Crippen LogP contribution in [0.5, 0.6) is 0 Å². The lowest BCUT2D eigenvalue weighted by atomic mass is 10.4. The number of rotatable bonds is 3. The van der Waals surface area contributed by atoms with E-state index in [-0.39, 0.29) is 18.1 Å². The molecule has 2 aromatic rings. The molecule has 2 aromatic heterocycles. The van der Waals surface area contributed by atoms with Crippen molar-refractivity contribution >= 4 is 38.9 Å². The zero-order valence-electron chi connectivity index (χ0n) is 9.55. The van der Waals surface area contributed by atoms with Crippen LogP contribution in [0.2, 0.25) is 0 Å². The van der Waals surface area contributed by atoms with Crippen LogP contribution in [0.25, 0.3) is 11.2 Å². The van der Waals surface area contributed by atoms with Crippen LogP contribution in [0.1, 0.15) is 10.5 Å². The molecule has 0 saturated carbocycles. The van der Waals surface area contributed by atoms with Gasteiger partial charge in [0.25, 0.3) is 0 Å². The Balaban J connectivity index is 2.65. The van der Waals surface area contributed by atoms with Gasteiger partial charge in [0, 0.05) is 12.7 Å². The Morgan fingerprint density at radius 3 is 2.94 bits per heavy atom. The number of halogens is 1. The Morgan fingerprint density at radius 1 is 1.61 bits per heavy atom. The van der Waals surface area contributed by atoms with E-state index < -0.39 is 5.97 Å². The van der Waals surface area contributed by atoms with Crippen LogP contribution < -0.4 is 5.73 Å². The van der Waals surface area contributed by atoms with Crippen molar-refractivity contribution < 1.29 is 14.6 Å². The van der Waals surface area contributed by atoms with Gasteiger partial charge in [0.15, 0.2) is 17.2 Å². The van der Waals surface area contributed by atoms with Gasteiger partial charge in [-0.25, -0.2) is 14.8 Å². The summed E-state index contributed by atoms with van der Waals surface area (Å²) >= 11 is 3.32. The van der Waals surface area contributed by atoms with Crippen molar-refractivity contribution in [2.45, 2.75) is 6.54 Å². The minimum atomic E-state index is -0.635. The van der Waals surface area contributed by atoms with Crippen molar-refractivity contribution in [3.05, 3.63) is 16.4 Å². The molecule has 0 fully saturated rings. The summed E-state index contributed by atoms with van der Waals surface area (Å²) in [5.41, 5.74) is 6.65. The maximum atomic E-state index is 11.5. The number of aliphatic hydroxyl groups excluding tert-OH is 1. The van der Waals surface area contributed by atoms with Gasteiger partial charge in [0.05, 0.1) is 18.2 Å². The second-order valence-corrected chi connectivity index (χ2v) is 4.37. The summed E-state index contributed by atoms with van der Waals surface area (Å²) in [7, 11) is 1.25. The van der Waals surface area contributed by atoms with E-state index in [0.717, 1.165) is 0 Å². The van der Waals surface area contributed by atoms with E-state index in [1.54, 1.807) is 10.8 Å². The normalized spacial score (nSPS) is 10.8. The molecular formula is C10H11BrN4O3. The largest absolute Gasteiger partial charge is 0.464 e. The number of aliphatic hydroxyl groups is 1. The lowest BCUT2D eigenvalue weighted by molar-refractivity contribution is 0.0595. The summed E-state index contributed by atoms with van der Waals surface area (Å²) in [5.74, 6) is -0.636. The predicted molar refractivity (Wildman–Crippen MR) is 68.1 cm³/mol. The number of hydrogen-bond donors (Lipinski definition) is 2. The van der Waals surface area contributed by atoms with E-state index in [2.05, 4.69) is 30.6 Å². The first-order valence-electron chi connectivity index (χ1n) is 5.09. The first-order valence-corrected chi connectivity index (χ1v) is 5.88. The number of nitrogens with two attached hydrogens (primary N) is 1. The molecule has 0 aliphatic carbocycles. The maximum absolute atomic E-state index is 11.5. The number of carbonyl (C=O) groups excluding carboxylic acids is 1. The number of methoxy groups -OCH3 is 1. The standard InChI is InChI=1S/C10H11BrN4O3/c1-18-10(17)7-8(12)14-9-6(13-7)5(11)4-15(9)2-3-16/h4,16H,2-3H2,1H3,(H2,12,14). The molecule has 3 N–H and O–H groups in total. The molecule has 18 heavy (non-hydrogen) atoms.